The van der Waals surface area contributed by atoms with Crippen molar-refractivity contribution in [2.24, 2.45) is 0 Å². The Bertz CT molecular complexity index is 515. The Balaban J connectivity index is 2.02. The van der Waals surface area contributed by atoms with Gasteiger partial charge in [-0.25, -0.2) is 0 Å². The highest BCUT2D eigenvalue weighted by Crippen LogP contribution is 2.25. The van der Waals surface area contributed by atoms with Crippen molar-refractivity contribution in [3.8, 4) is 5.75 Å². The van der Waals surface area contributed by atoms with Crippen LogP contribution in [0.5, 0.6) is 5.75 Å². The summed E-state index contributed by atoms with van der Waals surface area (Å²) in [6.45, 7) is 0.461. The van der Waals surface area contributed by atoms with Crippen LogP contribution in [-0.2, 0) is 0 Å². The van der Waals surface area contributed by atoms with Crippen LogP contribution in [0.3, 0.4) is 0 Å². The summed E-state index contributed by atoms with van der Waals surface area (Å²) in [6, 6.07) is 9.16. The summed E-state index contributed by atoms with van der Waals surface area (Å²) < 4.78 is 12.0. The third-order valence-electron chi connectivity index (χ3n) is 2.52. The summed E-state index contributed by atoms with van der Waals surface area (Å²) in [5, 5.41) is 3.81. The predicted octanol–water partition coefficient (Wildman–Crippen LogP) is 4.04. The molecular weight excluding hydrogens is 318 g/mol. The molecule has 0 amide bonds. The molecule has 96 valence electrons. The Labute approximate surface area is 119 Å². The van der Waals surface area contributed by atoms with E-state index in [-0.39, 0.29) is 6.04 Å². The van der Waals surface area contributed by atoms with Gasteiger partial charge in [0.15, 0.2) is 0 Å². The van der Waals surface area contributed by atoms with E-state index in [4.69, 9.17) is 20.8 Å². The molecule has 0 saturated carbocycles. The van der Waals surface area contributed by atoms with Gasteiger partial charge in [0, 0.05) is 5.02 Å². The van der Waals surface area contributed by atoms with Crippen molar-refractivity contribution >= 4 is 27.5 Å². The monoisotopic (exact) mass is 329 g/mol. The lowest BCUT2D eigenvalue weighted by Gasteiger charge is -2.15. The number of benzene rings is 1. The first kappa shape index (κ1) is 13.5. The van der Waals surface area contributed by atoms with E-state index in [0.717, 1.165) is 16.0 Å². The molecule has 3 nitrogen and oxygen atoms in total. The minimum Gasteiger partial charge on any atom is -0.491 e. The minimum atomic E-state index is -0.0200. The van der Waals surface area contributed by atoms with E-state index in [2.05, 4.69) is 21.2 Å². The molecule has 1 heterocycles. The summed E-state index contributed by atoms with van der Waals surface area (Å²) in [5.74, 6) is 1.56. The van der Waals surface area contributed by atoms with Crippen LogP contribution in [0.15, 0.2) is 45.5 Å². The first-order valence-electron chi connectivity index (χ1n) is 5.49. The molecule has 1 aromatic heterocycles. The van der Waals surface area contributed by atoms with Crippen LogP contribution in [-0.4, -0.2) is 13.7 Å². The van der Waals surface area contributed by atoms with E-state index in [9.17, 15) is 0 Å². The van der Waals surface area contributed by atoms with Crippen LogP contribution in [0.25, 0.3) is 0 Å². The molecule has 0 spiro atoms. The second-order valence-corrected chi connectivity index (χ2v) is 5.03. The first-order chi connectivity index (χ1) is 8.70. The van der Waals surface area contributed by atoms with Crippen LogP contribution in [0.1, 0.15) is 11.8 Å². The molecule has 0 bridgehead atoms. The Morgan fingerprint density at radius 2 is 2.28 bits per heavy atom. The van der Waals surface area contributed by atoms with Crippen LogP contribution >= 0.6 is 27.5 Å². The molecule has 1 aromatic carbocycles. The van der Waals surface area contributed by atoms with Gasteiger partial charge in [-0.1, -0.05) is 17.7 Å². The third kappa shape index (κ3) is 3.28. The second-order valence-electron chi connectivity index (χ2n) is 3.74. The van der Waals surface area contributed by atoms with Crippen molar-refractivity contribution in [3.05, 3.63) is 51.9 Å². The molecule has 1 N–H and O–H groups in total. The summed E-state index contributed by atoms with van der Waals surface area (Å²) in [7, 11) is 1.86. The van der Waals surface area contributed by atoms with Crippen LogP contribution < -0.4 is 10.1 Å². The summed E-state index contributed by atoms with van der Waals surface area (Å²) >= 11 is 9.33. The van der Waals surface area contributed by atoms with E-state index in [1.54, 1.807) is 12.3 Å². The van der Waals surface area contributed by atoms with Crippen LogP contribution in [0, 0.1) is 0 Å². The zero-order valence-electron chi connectivity index (χ0n) is 9.82. The molecular formula is C13H13BrClNO2. The minimum absolute atomic E-state index is 0.0200. The van der Waals surface area contributed by atoms with Crippen molar-refractivity contribution in [2.75, 3.05) is 13.7 Å². The molecule has 0 aliphatic rings. The molecule has 0 fully saturated rings. The Kier molecular flexibility index (Phi) is 4.69. The topological polar surface area (TPSA) is 34.4 Å². The average Bonchev–Trinajstić information content (AvgIpc) is 2.77. The Morgan fingerprint density at radius 3 is 2.89 bits per heavy atom. The number of furan rings is 1. The zero-order valence-corrected chi connectivity index (χ0v) is 12.2. The predicted molar refractivity (Wildman–Crippen MR) is 75.2 cm³/mol. The fraction of sp³-hybridized carbons (Fsp3) is 0.231. The summed E-state index contributed by atoms with van der Waals surface area (Å²) in [5.41, 5.74) is 0. The number of hydrogen-bond acceptors (Lipinski definition) is 3. The van der Waals surface area contributed by atoms with E-state index in [1.165, 1.54) is 0 Å². The Hall–Kier alpha value is -0.970. The Morgan fingerprint density at radius 1 is 1.44 bits per heavy atom. The normalized spacial score (nSPS) is 12.4. The number of ether oxygens (including phenoxy) is 1. The van der Waals surface area contributed by atoms with E-state index >= 15 is 0 Å². The lowest BCUT2D eigenvalue weighted by atomic mass is 10.2. The maximum absolute atomic E-state index is 5.90. The SMILES string of the molecule is CNC(COc1cccc(Cl)c1)c1occc1Br. The molecule has 1 unspecified atom stereocenters. The smallest absolute Gasteiger partial charge is 0.138 e. The van der Waals surface area contributed by atoms with Gasteiger partial charge in [0.1, 0.15) is 24.2 Å². The maximum atomic E-state index is 5.90. The van der Waals surface area contributed by atoms with Crippen molar-refractivity contribution in [1.29, 1.82) is 0 Å². The number of halogens is 2. The highest BCUT2D eigenvalue weighted by Gasteiger charge is 2.16. The van der Waals surface area contributed by atoms with Crippen LogP contribution in [0.2, 0.25) is 5.02 Å². The van der Waals surface area contributed by atoms with Crippen molar-refractivity contribution < 1.29 is 9.15 Å². The fourth-order valence-corrected chi connectivity index (χ4v) is 2.24. The van der Waals surface area contributed by atoms with E-state index in [1.807, 2.05) is 31.3 Å². The van der Waals surface area contributed by atoms with Crippen LogP contribution in [0.4, 0.5) is 0 Å². The lowest BCUT2D eigenvalue weighted by molar-refractivity contribution is 0.253. The van der Waals surface area contributed by atoms with Gasteiger partial charge in [-0.15, -0.1) is 0 Å². The summed E-state index contributed by atoms with van der Waals surface area (Å²) in [6.07, 6.45) is 1.64. The lowest BCUT2D eigenvalue weighted by Crippen LogP contribution is -2.23. The molecule has 2 rings (SSSR count). The van der Waals surface area contributed by atoms with Gasteiger partial charge in [-0.05, 0) is 47.2 Å². The summed E-state index contributed by atoms with van der Waals surface area (Å²) in [4.78, 5) is 0. The van der Waals surface area contributed by atoms with Gasteiger partial charge in [0.25, 0.3) is 0 Å². The molecule has 0 radical (unpaired) electrons. The fourth-order valence-electron chi connectivity index (χ4n) is 1.58. The van der Waals surface area contributed by atoms with E-state index in [0.29, 0.717) is 11.6 Å². The molecule has 5 heteroatoms. The highest BCUT2D eigenvalue weighted by molar-refractivity contribution is 9.10. The highest BCUT2D eigenvalue weighted by atomic mass is 79.9. The van der Waals surface area contributed by atoms with Gasteiger partial charge in [0.05, 0.1) is 10.7 Å². The quantitative estimate of drug-likeness (QED) is 0.898. The second kappa shape index (κ2) is 6.27. The van der Waals surface area contributed by atoms with Crippen molar-refractivity contribution in [3.63, 3.8) is 0 Å². The third-order valence-corrected chi connectivity index (χ3v) is 3.41. The van der Waals surface area contributed by atoms with Gasteiger partial charge >= 0.3 is 0 Å². The zero-order chi connectivity index (χ0) is 13.0. The number of hydrogen-bond donors (Lipinski definition) is 1. The number of rotatable bonds is 5. The van der Waals surface area contributed by atoms with Gasteiger partial charge in [-0.3, -0.25) is 0 Å². The van der Waals surface area contributed by atoms with Crippen molar-refractivity contribution in [2.45, 2.75) is 6.04 Å². The average molecular weight is 331 g/mol. The molecule has 18 heavy (non-hydrogen) atoms. The maximum Gasteiger partial charge on any atom is 0.138 e. The molecule has 2 aromatic rings. The van der Waals surface area contributed by atoms with Gasteiger partial charge < -0.3 is 14.5 Å². The van der Waals surface area contributed by atoms with E-state index < -0.39 is 0 Å². The number of nitrogens with one attached hydrogen (secondary N) is 1. The van der Waals surface area contributed by atoms with Gasteiger partial charge in [-0.2, -0.15) is 0 Å². The standard InChI is InChI=1S/C13H13BrClNO2/c1-16-12(13-11(14)5-6-17-13)8-18-10-4-2-3-9(15)7-10/h2-7,12,16H,8H2,1H3. The van der Waals surface area contributed by atoms with Crippen molar-refractivity contribution in [1.82, 2.24) is 5.32 Å². The first-order valence-corrected chi connectivity index (χ1v) is 6.66. The molecule has 0 aliphatic heterocycles. The molecule has 1 atom stereocenters. The number of likely N-dealkylation sites (N-methyl/N-ethyl adjacent to an activating group) is 1. The molecule has 0 saturated heterocycles. The largest absolute Gasteiger partial charge is 0.491 e. The molecule has 0 aliphatic carbocycles. The van der Waals surface area contributed by atoms with Gasteiger partial charge in [0.2, 0.25) is 0 Å².